The summed E-state index contributed by atoms with van der Waals surface area (Å²) in [6.07, 6.45) is 3.36. The topological polar surface area (TPSA) is 79.6 Å². The Kier molecular flexibility index (Phi) is 5.73. The fraction of sp³-hybridized carbons (Fsp3) is 0.294. The molecule has 27 heavy (non-hydrogen) atoms. The SMILES string of the molecule is [B]c1cnn2c(NCCCN(C)S(C)(=O)=O)cc(-c3ccccc3Cl)nc12. The molecule has 140 valence electrons. The highest BCUT2D eigenvalue weighted by Crippen LogP contribution is 2.28. The number of hydrogen-bond donors (Lipinski definition) is 1. The van der Waals surface area contributed by atoms with Crippen LogP contribution in [0.1, 0.15) is 6.42 Å². The van der Waals surface area contributed by atoms with Crippen molar-refractivity contribution in [2.24, 2.45) is 0 Å². The van der Waals surface area contributed by atoms with Gasteiger partial charge in [-0.3, -0.25) is 0 Å². The van der Waals surface area contributed by atoms with Crippen molar-refractivity contribution in [2.45, 2.75) is 6.42 Å². The van der Waals surface area contributed by atoms with Crippen molar-refractivity contribution in [3.8, 4) is 11.3 Å². The summed E-state index contributed by atoms with van der Waals surface area (Å²) < 4.78 is 25.9. The Morgan fingerprint density at radius 2 is 2.07 bits per heavy atom. The van der Waals surface area contributed by atoms with Crippen LogP contribution in [0.4, 0.5) is 5.82 Å². The molecule has 0 aliphatic rings. The van der Waals surface area contributed by atoms with Gasteiger partial charge in [0.05, 0.1) is 11.9 Å². The molecule has 0 aliphatic heterocycles. The van der Waals surface area contributed by atoms with Gasteiger partial charge in [-0.15, -0.1) is 0 Å². The summed E-state index contributed by atoms with van der Waals surface area (Å²) in [5.74, 6) is 0.702. The number of nitrogens with zero attached hydrogens (tertiary/aromatic N) is 4. The maximum Gasteiger partial charge on any atom is 0.210 e. The zero-order valence-corrected chi connectivity index (χ0v) is 16.6. The van der Waals surface area contributed by atoms with E-state index < -0.39 is 10.0 Å². The molecule has 0 unspecified atom stereocenters. The molecule has 0 spiro atoms. The first-order chi connectivity index (χ1) is 12.8. The van der Waals surface area contributed by atoms with Crippen LogP contribution in [-0.2, 0) is 10.0 Å². The number of aromatic nitrogens is 3. The van der Waals surface area contributed by atoms with Crippen LogP contribution in [0.15, 0.2) is 36.5 Å². The number of fused-ring (bicyclic) bond motifs is 1. The lowest BCUT2D eigenvalue weighted by Crippen LogP contribution is -2.27. The van der Waals surface area contributed by atoms with Crippen LogP contribution in [0.5, 0.6) is 0 Å². The second-order valence-electron chi connectivity index (χ2n) is 6.21. The van der Waals surface area contributed by atoms with E-state index in [1.54, 1.807) is 23.8 Å². The molecule has 0 amide bonds. The van der Waals surface area contributed by atoms with Crippen molar-refractivity contribution < 1.29 is 8.42 Å². The first kappa shape index (κ1) is 19.7. The molecule has 3 rings (SSSR count). The Balaban J connectivity index is 1.85. The van der Waals surface area contributed by atoms with Gasteiger partial charge in [0, 0.05) is 43.0 Å². The van der Waals surface area contributed by atoms with Gasteiger partial charge in [-0.1, -0.05) is 29.8 Å². The molecule has 2 radical (unpaired) electrons. The average molecular weight is 404 g/mol. The van der Waals surface area contributed by atoms with Crippen LogP contribution in [0, 0.1) is 0 Å². The summed E-state index contributed by atoms with van der Waals surface area (Å²) in [6.45, 7) is 0.972. The molecule has 0 saturated carbocycles. The lowest BCUT2D eigenvalue weighted by atomic mass is 10.0. The third kappa shape index (κ3) is 4.43. The number of halogens is 1. The van der Waals surface area contributed by atoms with Crippen LogP contribution >= 0.6 is 11.6 Å². The van der Waals surface area contributed by atoms with Crippen molar-refractivity contribution in [3.63, 3.8) is 0 Å². The summed E-state index contributed by atoms with van der Waals surface area (Å²) >= 11 is 6.30. The van der Waals surface area contributed by atoms with Gasteiger partial charge in [-0.25, -0.2) is 17.7 Å². The Labute approximate surface area is 164 Å². The van der Waals surface area contributed by atoms with Crippen molar-refractivity contribution in [1.82, 2.24) is 18.9 Å². The normalized spacial score (nSPS) is 12.0. The molecule has 10 heteroatoms. The number of nitrogens with one attached hydrogen (secondary N) is 1. The zero-order valence-electron chi connectivity index (χ0n) is 15.1. The maximum absolute atomic E-state index is 11.5. The van der Waals surface area contributed by atoms with E-state index in [2.05, 4.69) is 15.4 Å². The molecular formula is C17H19BClN5O2S. The number of anilines is 1. The van der Waals surface area contributed by atoms with Gasteiger partial charge in [-0.2, -0.15) is 9.61 Å². The lowest BCUT2D eigenvalue weighted by molar-refractivity contribution is 0.470. The predicted octanol–water partition coefficient (Wildman–Crippen LogP) is 1.54. The minimum atomic E-state index is -3.18. The molecule has 1 N–H and O–H groups in total. The van der Waals surface area contributed by atoms with Crippen LogP contribution in [-0.4, -0.2) is 61.6 Å². The quantitative estimate of drug-likeness (QED) is 0.478. The van der Waals surface area contributed by atoms with Crippen molar-refractivity contribution >= 4 is 46.4 Å². The van der Waals surface area contributed by atoms with Gasteiger partial charge < -0.3 is 5.32 Å². The highest BCUT2D eigenvalue weighted by molar-refractivity contribution is 7.88. The zero-order chi connectivity index (χ0) is 19.6. The molecule has 3 aromatic rings. The maximum atomic E-state index is 11.5. The molecule has 0 saturated heterocycles. The smallest absolute Gasteiger partial charge is 0.210 e. The van der Waals surface area contributed by atoms with Gasteiger partial charge in [-0.05, 0) is 17.9 Å². The van der Waals surface area contributed by atoms with Crippen LogP contribution in [0.3, 0.4) is 0 Å². The molecule has 0 atom stereocenters. The summed E-state index contributed by atoms with van der Waals surface area (Å²) in [6, 6.07) is 9.28. The monoisotopic (exact) mass is 403 g/mol. The second-order valence-corrected chi connectivity index (χ2v) is 8.70. The molecule has 0 fully saturated rings. The van der Waals surface area contributed by atoms with E-state index in [-0.39, 0.29) is 0 Å². The summed E-state index contributed by atoms with van der Waals surface area (Å²) in [5, 5.41) is 8.12. The van der Waals surface area contributed by atoms with E-state index in [9.17, 15) is 8.42 Å². The minimum Gasteiger partial charge on any atom is -0.370 e. The highest BCUT2D eigenvalue weighted by Gasteiger charge is 2.13. The molecule has 2 heterocycles. The van der Waals surface area contributed by atoms with Crippen LogP contribution in [0.2, 0.25) is 5.02 Å². The molecule has 1 aromatic carbocycles. The summed E-state index contributed by atoms with van der Waals surface area (Å²) in [7, 11) is 4.37. The standard InChI is InChI=1S/C17H19BClN5O2S/c1-23(27(2,25)26)9-5-8-20-16-10-15(12-6-3-4-7-14(12)19)22-17-13(18)11-21-24(16)17/h3-4,6-7,10-11,20H,5,8-9H2,1-2H3. The first-order valence-corrected chi connectivity index (χ1v) is 10.5. The van der Waals surface area contributed by atoms with E-state index in [1.807, 2.05) is 24.3 Å². The average Bonchev–Trinajstić information content (AvgIpc) is 2.99. The number of sulfonamides is 1. The van der Waals surface area contributed by atoms with E-state index in [4.69, 9.17) is 19.4 Å². The highest BCUT2D eigenvalue weighted by atomic mass is 35.5. The minimum absolute atomic E-state index is 0.415. The summed E-state index contributed by atoms with van der Waals surface area (Å²) in [5.41, 5.74) is 2.46. The number of benzene rings is 1. The fourth-order valence-corrected chi connectivity index (χ4v) is 3.29. The first-order valence-electron chi connectivity index (χ1n) is 8.31. The molecule has 0 aliphatic carbocycles. The Hall–Kier alpha value is -2.10. The van der Waals surface area contributed by atoms with Crippen LogP contribution in [0.25, 0.3) is 16.9 Å². The molecule has 2 aromatic heterocycles. The molecular weight excluding hydrogens is 385 g/mol. The predicted molar refractivity (Wildman–Crippen MR) is 109 cm³/mol. The largest absolute Gasteiger partial charge is 0.370 e. The van der Waals surface area contributed by atoms with Gasteiger partial charge >= 0.3 is 0 Å². The van der Waals surface area contributed by atoms with E-state index in [0.717, 1.165) is 5.56 Å². The van der Waals surface area contributed by atoms with Crippen molar-refractivity contribution in [3.05, 3.63) is 41.6 Å². The summed E-state index contributed by atoms with van der Waals surface area (Å²) in [4.78, 5) is 4.58. The van der Waals surface area contributed by atoms with Crippen molar-refractivity contribution in [2.75, 3.05) is 31.7 Å². The van der Waals surface area contributed by atoms with E-state index in [0.29, 0.717) is 47.2 Å². The van der Waals surface area contributed by atoms with E-state index >= 15 is 0 Å². The third-order valence-corrected chi connectivity index (χ3v) is 5.82. The lowest BCUT2D eigenvalue weighted by Gasteiger charge is -2.15. The Morgan fingerprint density at radius 1 is 1.33 bits per heavy atom. The Bertz CT molecular complexity index is 1070. The molecule has 0 bridgehead atoms. The molecule has 7 nitrogen and oxygen atoms in total. The fourth-order valence-electron chi connectivity index (χ4n) is 2.60. The van der Waals surface area contributed by atoms with E-state index in [1.165, 1.54) is 10.6 Å². The third-order valence-electron chi connectivity index (χ3n) is 4.17. The van der Waals surface area contributed by atoms with Gasteiger partial charge in [0.1, 0.15) is 13.7 Å². The van der Waals surface area contributed by atoms with Gasteiger partial charge in [0.25, 0.3) is 0 Å². The van der Waals surface area contributed by atoms with Crippen molar-refractivity contribution in [1.29, 1.82) is 0 Å². The number of rotatable bonds is 7. The number of hydrogen-bond acceptors (Lipinski definition) is 5. The Morgan fingerprint density at radius 3 is 2.78 bits per heavy atom. The van der Waals surface area contributed by atoms with Crippen LogP contribution < -0.4 is 10.8 Å². The second kappa shape index (κ2) is 7.88. The van der Waals surface area contributed by atoms with Gasteiger partial charge in [0.15, 0.2) is 5.65 Å². The van der Waals surface area contributed by atoms with Gasteiger partial charge in [0.2, 0.25) is 10.0 Å².